The van der Waals surface area contributed by atoms with Crippen molar-refractivity contribution in [3.8, 4) is 11.1 Å². The molecule has 1 nitrogen and oxygen atoms in total. The lowest BCUT2D eigenvalue weighted by Crippen LogP contribution is -2.16. The summed E-state index contributed by atoms with van der Waals surface area (Å²) < 4.78 is 13.5. The van der Waals surface area contributed by atoms with Crippen LogP contribution in [0, 0.1) is 5.82 Å². The summed E-state index contributed by atoms with van der Waals surface area (Å²) in [6, 6.07) is 10.7. The minimum Gasteiger partial charge on any atom is -0.310 e. The molecule has 20 heavy (non-hydrogen) atoms. The summed E-state index contributed by atoms with van der Waals surface area (Å²) in [6.07, 6.45) is 2.39. The van der Waals surface area contributed by atoms with Gasteiger partial charge in [0, 0.05) is 28.2 Å². The third-order valence-electron chi connectivity index (χ3n) is 3.44. The van der Waals surface area contributed by atoms with Crippen LogP contribution in [-0.4, -0.2) is 6.04 Å². The Morgan fingerprint density at radius 1 is 1.05 bits per heavy atom. The molecule has 0 amide bonds. The maximum Gasteiger partial charge on any atom is 0.123 e. The second kappa shape index (κ2) is 5.72. The first-order chi connectivity index (χ1) is 9.63. The van der Waals surface area contributed by atoms with Gasteiger partial charge >= 0.3 is 0 Å². The zero-order valence-electron chi connectivity index (χ0n) is 10.8. The first-order valence-electron chi connectivity index (χ1n) is 6.61. The maximum atomic E-state index is 13.5. The lowest BCUT2D eigenvalue weighted by Gasteiger charge is -2.12. The van der Waals surface area contributed by atoms with Crippen molar-refractivity contribution in [1.29, 1.82) is 0 Å². The quantitative estimate of drug-likeness (QED) is 0.833. The van der Waals surface area contributed by atoms with Gasteiger partial charge in [0.05, 0.1) is 0 Å². The van der Waals surface area contributed by atoms with E-state index in [2.05, 4.69) is 5.32 Å². The number of hydrogen-bond donors (Lipinski definition) is 1. The van der Waals surface area contributed by atoms with Crippen LogP contribution >= 0.6 is 23.2 Å². The van der Waals surface area contributed by atoms with Gasteiger partial charge in [0.15, 0.2) is 0 Å². The Labute approximate surface area is 127 Å². The molecule has 0 aliphatic heterocycles. The van der Waals surface area contributed by atoms with Gasteiger partial charge in [-0.15, -0.1) is 0 Å². The summed E-state index contributed by atoms with van der Waals surface area (Å²) in [5, 5.41) is 4.64. The largest absolute Gasteiger partial charge is 0.310 e. The van der Waals surface area contributed by atoms with Gasteiger partial charge in [0.25, 0.3) is 0 Å². The molecule has 0 bridgehead atoms. The Morgan fingerprint density at radius 2 is 1.85 bits per heavy atom. The lowest BCUT2D eigenvalue weighted by molar-refractivity contribution is 0.620. The van der Waals surface area contributed by atoms with E-state index in [0.29, 0.717) is 22.6 Å². The van der Waals surface area contributed by atoms with E-state index in [0.717, 1.165) is 16.7 Å². The van der Waals surface area contributed by atoms with Gasteiger partial charge in [0.2, 0.25) is 0 Å². The average Bonchev–Trinajstić information content (AvgIpc) is 3.24. The number of halogens is 3. The molecule has 1 saturated carbocycles. The predicted octanol–water partition coefficient (Wildman–Crippen LogP) is 5.05. The van der Waals surface area contributed by atoms with E-state index in [1.165, 1.54) is 18.9 Å². The van der Waals surface area contributed by atoms with Crippen LogP contribution in [-0.2, 0) is 6.54 Å². The van der Waals surface area contributed by atoms with E-state index in [-0.39, 0.29) is 5.82 Å². The fourth-order valence-electron chi connectivity index (χ4n) is 2.22. The summed E-state index contributed by atoms with van der Waals surface area (Å²) in [5.74, 6) is -0.237. The molecule has 104 valence electrons. The standard InChI is InChI=1S/C16H14Cl2FN/c17-11-1-6-16(18)15(8-11)14-5-2-12(19)7-10(14)9-20-13-3-4-13/h1-2,5-8,13,20H,3-4,9H2. The Balaban J connectivity index is 1.99. The molecule has 0 spiro atoms. The molecule has 1 N–H and O–H groups in total. The van der Waals surface area contributed by atoms with Gasteiger partial charge < -0.3 is 5.32 Å². The van der Waals surface area contributed by atoms with E-state index in [4.69, 9.17) is 23.2 Å². The molecule has 2 aromatic carbocycles. The van der Waals surface area contributed by atoms with Crippen LogP contribution in [0.2, 0.25) is 10.0 Å². The van der Waals surface area contributed by atoms with E-state index in [1.807, 2.05) is 6.07 Å². The van der Waals surface area contributed by atoms with Crippen LogP contribution in [0.1, 0.15) is 18.4 Å². The van der Waals surface area contributed by atoms with Crippen molar-refractivity contribution in [3.63, 3.8) is 0 Å². The SMILES string of the molecule is Fc1ccc(-c2cc(Cl)ccc2Cl)c(CNC2CC2)c1. The van der Waals surface area contributed by atoms with E-state index in [1.54, 1.807) is 24.3 Å². The first kappa shape index (κ1) is 13.9. The highest BCUT2D eigenvalue weighted by Crippen LogP contribution is 2.33. The van der Waals surface area contributed by atoms with Crippen molar-refractivity contribution in [3.05, 3.63) is 57.8 Å². The summed E-state index contributed by atoms with van der Waals surface area (Å²) >= 11 is 12.3. The molecule has 0 unspecified atom stereocenters. The number of hydrogen-bond acceptors (Lipinski definition) is 1. The molecule has 4 heteroatoms. The predicted molar refractivity (Wildman–Crippen MR) is 81.7 cm³/mol. The normalized spacial score (nSPS) is 14.6. The van der Waals surface area contributed by atoms with Gasteiger partial charge in [-0.3, -0.25) is 0 Å². The molecular weight excluding hydrogens is 296 g/mol. The van der Waals surface area contributed by atoms with Gasteiger partial charge in [-0.1, -0.05) is 29.3 Å². The Kier molecular flexibility index (Phi) is 3.97. The van der Waals surface area contributed by atoms with Gasteiger partial charge in [-0.25, -0.2) is 4.39 Å². The van der Waals surface area contributed by atoms with Gasteiger partial charge in [0.1, 0.15) is 5.82 Å². The van der Waals surface area contributed by atoms with Crippen molar-refractivity contribution in [1.82, 2.24) is 5.32 Å². The summed E-state index contributed by atoms with van der Waals surface area (Å²) in [4.78, 5) is 0. The molecule has 0 aromatic heterocycles. The Bertz CT molecular complexity index is 638. The third kappa shape index (κ3) is 3.14. The average molecular weight is 310 g/mol. The molecule has 0 heterocycles. The molecule has 0 saturated heterocycles. The van der Waals surface area contributed by atoms with Crippen molar-refractivity contribution in [2.45, 2.75) is 25.4 Å². The molecule has 2 aromatic rings. The lowest BCUT2D eigenvalue weighted by atomic mass is 9.99. The van der Waals surface area contributed by atoms with Crippen LogP contribution in [0.5, 0.6) is 0 Å². The minimum absolute atomic E-state index is 0.237. The smallest absolute Gasteiger partial charge is 0.123 e. The molecule has 0 radical (unpaired) electrons. The Hall–Kier alpha value is -1.09. The highest BCUT2D eigenvalue weighted by Gasteiger charge is 2.21. The second-order valence-electron chi connectivity index (χ2n) is 5.08. The molecule has 1 fully saturated rings. The monoisotopic (exact) mass is 309 g/mol. The van der Waals surface area contributed by atoms with Crippen LogP contribution in [0.4, 0.5) is 4.39 Å². The molecular formula is C16H14Cl2FN. The zero-order chi connectivity index (χ0) is 14.1. The molecule has 1 aliphatic carbocycles. The molecule has 3 rings (SSSR count). The zero-order valence-corrected chi connectivity index (χ0v) is 12.3. The van der Waals surface area contributed by atoms with E-state index < -0.39 is 0 Å². The van der Waals surface area contributed by atoms with Gasteiger partial charge in [-0.2, -0.15) is 0 Å². The fraction of sp³-hybridized carbons (Fsp3) is 0.250. The summed E-state index contributed by atoms with van der Waals surface area (Å²) in [5.41, 5.74) is 2.67. The Morgan fingerprint density at radius 3 is 2.60 bits per heavy atom. The van der Waals surface area contributed by atoms with Crippen molar-refractivity contribution < 1.29 is 4.39 Å². The number of rotatable bonds is 4. The highest BCUT2D eigenvalue weighted by molar-refractivity contribution is 6.35. The van der Waals surface area contributed by atoms with Crippen LogP contribution < -0.4 is 5.32 Å². The van der Waals surface area contributed by atoms with E-state index >= 15 is 0 Å². The van der Waals surface area contributed by atoms with Crippen LogP contribution in [0.3, 0.4) is 0 Å². The number of nitrogens with one attached hydrogen (secondary N) is 1. The second-order valence-corrected chi connectivity index (χ2v) is 5.92. The first-order valence-corrected chi connectivity index (χ1v) is 7.36. The summed E-state index contributed by atoms with van der Waals surface area (Å²) in [6.45, 7) is 0.639. The van der Waals surface area contributed by atoms with Crippen LogP contribution in [0.15, 0.2) is 36.4 Å². The number of benzene rings is 2. The van der Waals surface area contributed by atoms with Crippen molar-refractivity contribution >= 4 is 23.2 Å². The molecule has 0 atom stereocenters. The maximum absolute atomic E-state index is 13.5. The van der Waals surface area contributed by atoms with Crippen molar-refractivity contribution in [2.75, 3.05) is 0 Å². The third-order valence-corrected chi connectivity index (χ3v) is 4.01. The van der Waals surface area contributed by atoms with Crippen LogP contribution in [0.25, 0.3) is 11.1 Å². The minimum atomic E-state index is -0.237. The topological polar surface area (TPSA) is 12.0 Å². The summed E-state index contributed by atoms with van der Waals surface area (Å²) in [7, 11) is 0. The molecule has 1 aliphatic rings. The highest BCUT2D eigenvalue weighted by atomic mass is 35.5. The fourth-order valence-corrected chi connectivity index (χ4v) is 2.61. The van der Waals surface area contributed by atoms with Crippen molar-refractivity contribution in [2.24, 2.45) is 0 Å². The van der Waals surface area contributed by atoms with E-state index in [9.17, 15) is 4.39 Å². The van der Waals surface area contributed by atoms with Gasteiger partial charge in [-0.05, 0) is 54.3 Å².